The Morgan fingerprint density at radius 1 is 1.37 bits per heavy atom. The van der Waals surface area contributed by atoms with Crippen LogP contribution in [0.1, 0.15) is 31.2 Å². The van der Waals surface area contributed by atoms with Crippen LogP contribution < -0.4 is 9.80 Å². The first-order valence-electron chi connectivity index (χ1n) is 8.31. The van der Waals surface area contributed by atoms with Gasteiger partial charge in [-0.15, -0.1) is 0 Å². The molecule has 1 heterocycles. The molecule has 0 aromatic heterocycles. The van der Waals surface area contributed by atoms with Crippen LogP contribution in [-0.2, 0) is 18.7 Å². The highest BCUT2D eigenvalue weighted by molar-refractivity contribution is 7.46. The molecule has 0 bridgehead atoms. The van der Waals surface area contributed by atoms with E-state index in [1.807, 2.05) is 0 Å². The van der Waals surface area contributed by atoms with Gasteiger partial charge in [0.2, 0.25) is 0 Å². The van der Waals surface area contributed by atoms with Gasteiger partial charge >= 0.3 is 19.9 Å². The van der Waals surface area contributed by atoms with E-state index in [0.717, 1.165) is 5.06 Å². The zero-order valence-electron chi connectivity index (χ0n) is 15.3. The van der Waals surface area contributed by atoms with Crippen molar-refractivity contribution in [1.82, 2.24) is 4.90 Å². The number of nitrogens with zero attached hydrogens (tertiary/aromatic N) is 2. The van der Waals surface area contributed by atoms with Crippen LogP contribution in [0.5, 0.6) is 5.75 Å². The van der Waals surface area contributed by atoms with Crippen molar-refractivity contribution < 1.29 is 38.0 Å². The topological polar surface area (TPSA) is 126 Å². The second kappa shape index (κ2) is 8.71. The lowest BCUT2D eigenvalue weighted by Gasteiger charge is -2.19. The van der Waals surface area contributed by atoms with E-state index in [1.54, 1.807) is 32.2 Å². The van der Waals surface area contributed by atoms with E-state index < -0.39 is 19.9 Å². The van der Waals surface area contributed by atoms with Gasteiger partial charge in [-0.05, 0) is 25.5 Å². The standard InChI is InChI=1S/C16H23N2O8P/c1-4-17(2)16(20)25-13-7-5-6-12-15(13)11(8-9-14(19)24-3)10-18(12)26-27(21,22)23/h5-7,11H,4,8-10H2,1-3H3,(H2,21,22,23). The van der Waals surface area contributed by atoms with Crippen molar-refractivity contribution in [2.75, 3.05) is 32.3 Å². The van der Waals surface area contributed by atoms with Crippen LogP contribution in [0.4, 0.5) is 10.5 Å². The first-order chi connectivity index (χ1) is 12.7. The van der Waals surface area contributed by atoms with Gasteiger partial charge < -0.3 is 24.2 Å². The molecule has 0 radical (unpaired) electrons. The van der Waals surface area contributed by atoms with Gasteiger partial charge in [0.15, 0.2) is 0 Å². The summed E-state index contributed by atoms with van der Waals surface area (Å²) in [6.45, 7) is 2.34. The number of rotatable bonds is 7. The summed E-state index contributed by atoms with van der Waals surface area (Å²) in [6.07, 6.45) is -0.132. The van der Waals surface area contributed by atoms with E-state index in [4.69, 9.17) is 19.1 Å². The molecule has 1 aromatic carbocycles. The Hall–Kier alpha value is -2.13. The van der Waals surface area contributed by atoms with Crippen molar-refractivity contribution in [2.24, 2.45) is 0 Å². The predicted octanol–water partition coefficient (Wildman–Crippen LogP) is 2.02. The average Bonchev–Trinajstić information content (AvgIpc) is 2.95. The molecule has 1 atom stereocenters. The van der Waals surface area contributed by atoms with Gasteiger partial charge in [0.1, 0.15) is 5.75 Å². The molecule has 2 N–H and O–H groups in total. The molecule has 0 saturated carbocycles. The third-order valence-electron chi connectivity index (χ3n) is 4.22. The number of hydroxylamine groups is 1. The van der Waals surface area contributed by atoms with Crippen LogP contribution in [0.25, 0.3) is 0 Å². The Kier molecular flexibility index (Phi) is 6.83. The molecular weight excluding hydrogens is 379 g/mol. The molecular formula is C16H23N2O8P. The summed E-state index contributed by atoms with van der Waals surface area (Å²) in [6, 6.07) is 4.78. The highest BCUT2D eigenvalue weighted by Crippen LogP contribution is 2.48. The molecule has 2 rings (SSSR count). The molecule has 27 heavy (non-hydrogen) atoms. The fourth-order valence-corrected chi connectivity index (χ4v) is 3.19. The Bertz CT molecular complexity index is 750. The quantitative estimate of drug-likeness (QED) is 0.520. The highest BCUT2D eigenvalue weighted by atomic mass is 31.2. The second-order valence-electron chi connectivity index (χ2n) is 6.02. The number of anilines is 1. The van der Waals surface area contributed by atoms with Crippen molar-refractivity contribution in [2.45, 2.75) is 25.7 Å². The summed E-state index contributed by atoms with van der Waals surface area (Å²) in [5.74, 6) is -0.503. The second-order valence-corrected chi connectivity index (χ2v) is 7.16. The van der Waals surface area contributed by atoms with Gasteiger partial charge in [0.25, 0.3) is 0 Å². The zero-order chi connectivity index (χ0) is 20.2. The number of methoxy groups -OCH3 is 1. The van der Waals surface area contributed by atoms with E-state index in [1.165, 1.54) is 12.0 Å². The minimum absolute atomic E-state index is 0.0929. The van der Waals surface area contributed by atoms with Gasteiger partial charge in [-0.2, -0.15) is 4.62 Å². The fourth-order valence-electron chi connectivity index (χ4n) is 2.78. The van der Waals surface area contributed by atoms with E-state index in [0.29, 0.717) is 24.2 Å². The summed E-state index contributed by atoms with van der Waals surface area (Å²) >= 11 is 0. The lowest BCUT2D eigenvalue weighted by atomic mass is 9.95. The number of esters is 1. The molecule has 10 nitrogen and oxygen atoms in total. The fraction of sp³-hybridized carbons (Fsp3) is 0.500. The third kappa shape index (κ3) is 5.43. The van der Waals surface area contributed by atoms with E-state index >= 15 is 0 Å². The molecule has 150 valence electrons. The molecule has 0 spiro atoms. The largest absolute Gasteiger partial charge is 0.491 e. The minimum atomic E-state index is -4.79. The highest BCUT2D eigenvalue weighted by Gasteiger charge is 2.36. The zero-order valence-corrected chi connectivity index (χ0v) is 16.2. The summed E-state index contributed by atoms with van der Waals surface area (Å²) < 4.78 is 26.1. The number of carbonyl (C=O) groups excluding carboxylic acids is 2. The lowest BCUT2D eigenvalue weighted by Crippen LogP contribution is -2.29. The molecule has 0 fully saturated rings. The molecule has 1 aliphatic heterocycles. The maximum atomic E-state index is 12.1. The van der Waals surface area contributed by atoms with Crippen molar-refractivity contribution in [3.05, 3.63) is 23.8 Å². The number of hydrogen-bond acceptors (Lipinski definition) is 7. The normalized spacial score (nSPS) is 16.0. The number of ether oxygens (including phenoxy) is 2. The van der Waals surface area contributed by atoms with Gasteiger partial charge in [-0.1, -0.05) is 6.07 Å². The molecule has 0 aliphatic carbocycles. The van der Waals surface area contributed by atoms with Gasteiger partial charge in [-0.3, -0.25) is 4.79 Å². The Balaban J connectivity index is 2.34. The molecule has 1 aliphatic rings. The number of hydrogen-bond donors (Lipinski definition) is 2. The molecule has 0 saturated heterocycles. The third-order valence-corrected chi connectivity index (χ3v) is 4.63. The minimum Gasteiger partial charge on any atom is -0.469 e. The van der Waals surface area contributed by atoms with Crippen LogP contribution in [-0.4, -0.2) is 54.0 Å². The van der Waals surface area contributed by atoms with E-state index in [-0.39, 0.29) is 24.6 Å². The number of fused-ring (bicyclic) bond motifs is 1. The Labute approximate surface area is 156 Å². The van der Waals surface area contributed by atoms with Crippen LogP contribution in [0.3, 0.4) is 0 Å². The monoisotopic (exact) mass is 402 g/mol. The van der Waals surface area contributed by atoms with Crippen molar-refractivity contribution >= 4 is 25.6 Å². The van der Waals surface area contributed by atoms with Crippen LogP contribution in [0.15, 0.2) is 18.2 Å². The number of benzene rings is 1. The lowest BCUT2D eigenvalue weighted by molar-refractivity contribution is -0.140. The van der Waals surface area contributed by atoms with Gasteiger partial charge in [0, 0.05) is 31.5 Å². The first kappa shape index (κ1) is 21.2. The van der Waals surface area contributed by atoms with Crippen LogP contribution >= 0.6 is 7.82 Å². The van der Waals surface area contributed by atoms with Crippen LogP contribution in [0, 0.1) is 0 Å². The molecule has 1 amide bonds. The number of amides is 1. The van der Waals surface area contributed by atoms with Crippen LogP contribution in [0.2, 0.25) is 0 Å². The Morgan fingerprint density at radius 3 is 2.67 bits per heavy atom. The Morgan fingerprint density at radius 2 is 2.07 bits per heavy atom. The summed E-state index contributed by atoms with van der Waals surface area (Å²) in [4.78, 5) is 43.3. The predicted molar refractivity (Wildman–Crippen MR) is 95.2 cm³/mol. The molecule has 1 aromatic rings. The summed E-state index contributed by atoms with van der Waals surface area (Å²) in [7, 11) is -1.92. The van der Waals surface area contributed by atoms with Gasteiger partial charge in [0.05, 0.1) is 19.3 Å². The van der Waals surface area contributed by atoms with Crippen molar-refractivity contribution in [1.29, 1.82) is 0 Å². The number of phosphoric acid groups is 1. The maximum Gasteiger partial charge on any atom is 0.491 e. The van der Waals surface area contributed by atoms with Crippen molar-refractivity contribution in [3.8, 4) is 5.75 Å². The van der Waals surface area contributed by atoms with E-state index in [9.17, 15) is 14.2 Å². The van der Waals surface area contributed by atoms with Crippen molar-refractivity contribution in [3.63, 3.8) is 0 Å². The molecule has 1 unspecified atom stereocenters. The SMILES string of the molecule is CCN(C)C(=O)Oc1cccc2c1C(CCC(=O)OC)CN2OP(=O)(O)O. The smallest absolute Gasteiger partial charge is 0.469 e. The van der Waals surface area contributed by atoms with E-state index in [2.05, 4.69) is 4.74 Å². The first-order valence-corrected chi connectivity index (χ1v) is 9.84. The average molecular weight is 402 g/mol. The van der Waals surface area contributed by atoms with Gasteiger partial charge in [-0.25, -0.2) is 14.4 Å². The summed E-state index contributed by atoms with van der Waals surface area (Å²) in [5.41, 5.74) is 0.922. The molecule has 11 heteroatoms. The number of carbonyl (C=O) groups is 2. The maximum absolute atomic E-state index is 12.1. The summed E-state index contributed by atoms with van der Waals surface area (Å²) in [5, 5.41) is 1.07.